The van der Waals surface area contributed by atoms with E-state index in [4.69, 9.17) is 4.52 Å². The fourth-order valence-electron chi connectivity index (χ4n) is 3.34. The second-order valence-corrected chi connectivity index (χ2v) is 8.45. The van der Waals surface area contributed by atoms with Crippen molar-refractivity contribution in [2.45, 2.75) is 85.5 Å². The predicted molar refractivity (Wildman–Crippen MR) is 111 cm³/mol. The van der Waals surface area contributed by atoms with Crippen molar-refractivity contribution in [1.29, 1.82) is 0 Å². The van der Waals surface area contributed by atoms with Gasteiger partial charge < -0.3 is 14.2 Å². The minimum absolute atomic E-state index is 0.116. The summed E-state index contributed by atoms with van der Waals surface area (Å²) in [5, 5.41) is 13.7. The Labute approximate surface area is 174 Å². The van der Waals surface area contributed by atoms with Gasteiger partial charge in [0.2, 0.25) is 5.89 Å². The number of fused-ring (bicyclic) bond motifs is 1. The summed E-state index contributed by atoms with van der Waals surface area (Å²) < 4.78 is 9.63. The molecule has 164 valence electrons. The van der Waals surface area contributed by atoms with Crippen LogP contribution in [0.15, 0.2) is 14.1 Å². The number of nitrogens with zero attached hydrogens (tertiary/aromatic N) is 6. The van der Waals surface area contributed by atoms with E-state index in [0.29, 0.717) is 35.9 Å². The second kappa shape index (κ2) is 8.55. The third-order valence-electron chi connectivity index (χ3n) is 4.95. The van der Waals surface area contributed by atoms with Crippen LogP contribution < -0.4 is 11.2 Å². The minimum atomic E-state index is -0.473. The van der Waals surface area contributed by atoms with Crippen LogP contribution in [0, 0.1) is 0 Å². The summed E-state index contributed by atoms with van der Waals surface area (Å²) in [6, 6.07) is 0. The number of aliphatic hydroxyl groups excluding tert-OH is 1. The van der Waals surface area contributed by atoms with Crippen LogP contribution in [0.25, 0.3) is 11.2 Å². The molecule has 0 bridgehead atoms. The molecule has 0 fully saturated rings. The van der Waals surface area contributed by atoms with Gasteiger partial charge in [-0.1, -0.05) is 46.2 Å². The summed E-state index contributed by atoms with van der Waals surface area (Å²) in [5.41, 5.74) is -0.630. The Morgan fingerprint density at radius 3 is 2.30 bits per heavy atom. The van der Waals surface area contributed by atoms with Gasteiger partial charge in [0, 0.05) is 18.5 Å². The molecule has 0 radical (unpaired) electrons. The maximum absolute atomic E-state index is 13.3. The van der Waals surface area contributed by atoms with Crippen LogP contribution in [0.4, 0.5) is 0 Å². The monoisotopic (exact) mass is 418 g/mol. The number of hydrogen-bond acceptors (Lipinski definition) is 7. The molecule has 0 aliphatic heterocycles. The summed E-state index contributed by atoms with van der Waals surface area (Å²) in [4.78, 5) is 35.3. The lowest BCUT2D eigenvalue weighted by atomic mass is 9.96. The van der Waals surface area contributed by atoms with E-state index in [-0.39, 0.29) is 24.5 Å². The number of imidazole rings is 1. The van der Waals surface area contributed by atoms with Gasteiger partial charge in [-0.2, -0.15) is 4.98 Å². The van der Waals surface area contributed by atoms with Crippen molar-refractivity contribution in [2.24, 2.45) is 0 Å². The Balaban J connectivity index is 2.23. The van der Waals surface area contributed by atoms with Gasteiger partial charge in [-0.3, -0.25) is 9.36 Å². The van der Waals surface area contributed by atoms with E-state index in [2.05, 4.69) is 15.1 Å². The molecule has 1 N–H and O–H groups in total. The molecule has 0 amide bonds. The van der Waals surface area contributed by atoms with Crippen LogP contribution in [0.3, 0.4) is 0 Å². The van der Waals surface area contributed by atoms with E-state index in [1.54, 1.807) is 4.57 Å². The summed E-state index contributed by atoms with van der Waals surface area (Å²) in [5.74, 6) is 1.08. The van der Waals surface area contributed by atoms with Crippen LogP contribution in [0.1, 0.15) is 71.4 Å². The Kier molecular flexibility index (Phi) is 6.25. The smallest absolute Gasteiger partial charge is 0.333 e. The molecule has 0 aliphatic carbocycles. The third-order valence-corrected chi connectivity index (χ3v) is 4.95. The molecule has 3 aromatic rings. The summed E-state index contributed by atoms with van der Waals surface area (Å²) in [6.45, 7) is 10.4. The molecule has 3 rings (SSSR count). The van der Waals surface area contributed by atoms with Crippen LogP contribution in [-0.4, -0.2) is 33.9 Å². The molecule has 0 atom stereocenters. The molecule has 0 spiro atoms. The normalized spacial score (nSPS) is 12.2. The van der Waals surface area contributed by atoms with Gasteiger partial charge >= 0.3 is 5.69 Å². The van der Waals surface area contributed by atoms with Crippen molar-refractivity contribution >= 4 is 11.2 Å². The molecule has 0 aromatic carbocycles. The number of aliphatic hydroxyl groups is 1. The van der Waals surface area contributed by atoms with E-state index >= 15 is 0 Å². The SMILES string of the molecule is CCCCn1c(=O)n(Cc2nc(C(C)(C)C)no2)c(=O)c2c1nc(CO)n2CCC. The van der Waals surface area contributed by atoms with E-state index in [0.717, 1.165) is 23.8 Å². The molecule has 0 saturated heterocycles. The Morgan fingerprint density at radius 2 is 1.73 bits per heavy atom. The van der Waals surface area contributed by atoms with Gasteiger partial charge in [0.15, 0.2) is 17.0 Å². The first-order chi connectivity index (χ1) is 14.2. The van der Waals surface area contributed by atoms with Crippen LogP contribution >= 0.6 is 0 Å². The highest BCUT2D eigenvalue weighted by Crippen LogP contribution is 2.19. The van der Waals surface area contributed by atoms with Crippen LogP contribution in [-0.2, 0) is 31.7 Å². The van der Waals surface area contributed by atoms with E-state index < -0.39 is 11.2 Å². The highest BCUT2D eigenvalue weighted by Gasteiger charge is 2.24. The van der Waals surface area contributed by atoms with Gasteiger partial charge in [0.05, 0.1) is 0 Å². The standard InChI is InChI=1S/C20H30N6O4/c1-6-8-10-25-16-15(24(9-7-2)13(12-27)21-16)17(28)26(19(25)29)11-14-22-18(23-30-14)20(3,4)5/h27H,6-12H2,1-5H3. The quantitative estimate of drug-likeness (QED) is 0.592. The third kappa shape index (κ3) is 3.96. The molecule has 10 heteroatoms. The average molecular weight is 418 g/mol. The zero-order valence-electron chi connectivity index (χ0n) is 18.3. The molecule has 0 aliphatic rings. The molecule has 0 saturated carbocycles. The predicted octanol–water partition coefficient (Wildman–Crippen LogP) is 1.79. The van der Waals surface area contributed by atoms with Gasteiger partial charge in [-0.15, -0.1) is 0 Å². The van der Waals surface area contributed by atoms with Crippen molar-refractivity contribution in [2.75, 3.05) is 0 Å². The van der Waals surface area contributed by atoms with Crippen molar-refractivity contribution in [3.05, 3.63) is 38.4 Å². The molecule has 3 heterocycles. The van der Waals surface area contributed by atoms with Crippen LogP contribution in [0.5, 0.6) is 0 Å². The van der Waals surface area contributed by atoms with Gasteiger partial charge in [0.25, 0.3) is 5.56 Å². The van der Waals surface area contributed by atoms with Crippen LogP contribution in [0.2, 0.25) is 0 Å². The Bertz CT molecular complexity index is 1150. The number of hydrogen-bond donors (Lipinski definition) is 1. The van der Waals surface area contributed by atoms with Gasteiger partial charge in [-0.05, 0) is 12.8 Å². The fraction of sp³-hybridized carbons (Fsp3) is 0.650. The molecule has 3 aromatic heterocycles. The number of aryl methyl sites for hydroxylation is 2. The van der Waals surface area contributed by atoms with E-state index in [1.807, 2.05) is 34.6 Å². The Hall–Kier alpha value is -2.75. The zero-order valence-corrected chi connectivity index (χ0v) is 18.3. The number of aromatic nitrogens is 6. The fourth-order valence-corrected chi connectivity index (χ4v) is 3.34. The Morgan fingerprint density at radius 1 is 1.00 bits per heavy atom. The van der Waals surface area contributed by atoms with E-state index in [9.17, 15) is 14.7 Å². The minimum Gasteiger partial charge on any atom is -0.388 e. The average Bonchev–Trinajstić information content (AvgIpc) is 3.30. The van der Waals surface area contributed by atoms with E-state index in [1.165, 1.54) is 4.57 Å². The van der Waals surface area contributed by atoms with Gasteiger partial charge in [0.1, 0.15) is 19.0 Å². The highest BCUT2D eigenvalue weighted by molar-refractivity contribution is 5.71. The summed E-state index contributed by atoms with van der Waals surface area (Å²) in [7, 11) is 0. The maximum atomic E-state index is 13.3. The van der Waals surface area contributed by atoms with Crippen molar-refractivity contribution in [1.82, 2.24) is 28.8 Å². The lowest BCUT2D eigenvalue weighted by Gasteiger charge is -2.12. The lowest BCUT2D eigenvalue weighted by Crippen LogP contribution is -2.41. The first-order valence-electron chi connectivity index (χ1n) is 10.4. The highest BCUT2D eigenvalue weighted by atomic mass is 16.5. The van der Waals surface area contributed by atoms with Crippen molar-refractivity contribution in [3.63, 3.8) is 0 Å². The number of rotatable bonds is 8. The van der Waals surface area contributed by atoms with Gasteiger partial charge in [-0.25, -0.2) is 14.3 Å². The second-order valence-electron chi connectivity index (χ2n) is 8.45. The first kappa shape index (κ1) is 21.9. The summed E-state index contributed by atoms with van der Waals surface area (Å²) >= 11 is 0. The largest absolute Gasteiger partial charge is 0.388 e. The topological polar surface area (TPSA) is 121 Å². The molecule has 30 heavy (non-hydrogen) atoms. The maximum Gasteiger partial charge on any atom is 0.333 e. The molecular formula is C20H30N6O4. The lowest BCUT2D eigenvalue weighted by molar-refractivity contribution is 0.265. The summed E-state index contributed by atoms with van der Waals surface area (Å²) in [6.07, 6.45) is 2.40. The molecular weight excluding hydrogens is 388 g/mol. The molecule has 10 nitrogen and oxygen atoms in total. The zero-order chi connectivity index (χ0) is 22.1. The first-order valence-corrected chi connectivity index (χ1v) is 10.4. The molecule has 0 unspecified atom stereocenters. The number of unbranched alkanes of at least 4 members (excludes halogenated alkanes) is 1. The van der Waals surface area contributed by atoms with Crippen molar-refractivity contribution in [3.8, 4) is 0 Å². The van der Waals surface area contributed by atoms with Crippen molar-refractivity contribution < 1.29 is 9.63 Å².